The first-order valence-corrected chi connectivity index (χ1v) is 8.81. The van der Waals surface area contributed by atoms with E-state index >= 15 is 0 Å². The largest absolute Gasteiger partial charge is 0.468 e. The molecule has 0 aliphatic carbocycles. The normalized spacial score (nSPS) is 12.2. The molecule has 0 N–H and O–H groups in total. The smallest absolute Gasteiger partial charge is 0.417 e. The highest BCUT2D eigenvalue weighted by Gasteiger charge is 2.36. The van der Waals surface area contributed by atoms with Crippen LogP contribution in [0, 0.1) is 17.0 Å². The number of carbonyl (C=O) groups is 1. The van der Waals surface area contributed by atoms with Gasteiger partial charge in [-0.15, -0.1) is 0 Å². The summed E-state index contributed by atoms with van der Waals surface area (Å²) in [6.45, 7) is 5.14. The molecule has 158 valence electrons. The highest BCUT2D eigenvalue weighted by atomic mass is 19.4. The quantitative estimate of drug-likeness (QED) is 0.346. The predicted molar refractivity (Wildman–Crippen MR) is 103 cm³/mol. The van der Waals surface area contributed by atoms with Crippen molar-refractivity contribution in [2.24, 2.45) is 0 Å². The molecule has 0 aliphatic heterocycles. The molecule has 2 aromatic carbocycles. The summed E-state index contributed by atoms with van der Waals surface area (Å²) in [7, 11) is 1.29. The van der Waals surface area contributed by atoms with Crippen LogP contribution in [0.4, 0.5) is 18.9 Å². The Hall–Kier alpha value is -3.43. The molecule has 0 amide bonds. The van der Waals surface area contributed by atoms with Crippen LogP contribution in [0.1, 0.15) is 30.5 Å². The standard InChI is InChI=1S/C20H18F3N3O4/c1-11-7-12(5-6-15(11)19(2,3)18(27)30-4)25-17-9-13(26(28)29)8-16(20(21,22)23)14(17)10-24-25/h5-10H,1-4H3. The molecule has 0 atom stereocenters. The van der Waals surface area contributed by atoms with Gasteiger partial charge in [0.2, 0.25) is 0 Å². The highest BCUT2D eigenvalue weighted by molar-refractivity contribution is 5.87. The van der Waals surface area contributed by atoms with Gasteiger partial charge in [-0.3, -0.25) is 14.9 Å². The van der Waals surface area contributed by atoms with Crippen LogP contribution in [0.25, 0.3) is 16.6 Å². The minimum atomic E-state index is -4.78. The highest BCUT2D eigenvalue weighted by Crippen LogP contribution is 2.38. The third kappa shape index (κ3) is 3.49. The third-order valence-electron chi connectivity index (χ3n) is 5.01. The van der Waals surface area contributed by atoms with Gasteiger partial charge in [-0.1, -0.05) is 6.07 Å². The molecule has 10 heteroatoms. The van der Waals surface area contributed by atoms with Crippen molar-refractivity contribution in [3.8, 4) is 5.69 Å². The lowest BCUT2D eigenvalue weighted by atomic mass is 9.82. The van der Waals surface area contributed by atoms with E-state index in [2.05, 4.69) is 5.10 Å². The molecule has 3 aromatic rings. The number of hydrogen-bond acceptors (Lipinski definition) is 5. The molecule has 30 heavy (non-hydrogen) atoms. The zero-order valence-corrected chi connectivity index (χ0v) is 16.6. The SMILES string of the molecule is COC(=O)C(C)(C)c1ccc(-n2ncc3c(C(F)(F)F)cc([N+](=O)[O-])cc32)cc1C. The van der Waals surface area contributed by atoms with Crippen molar-refractivity contribution in [3.63, 3.8) is 0 Å². The summed E-state index contributed by atoms with van der Waals surface area (Å²) >= 11 is 0. The molecule has 1 aromatic heterocycles. The lowest BCUT2D eigenvalue weighted by Gasteiger charge is -2.24. The van der Waals surface area contributed by atoms with E-state index < -0.39 is 33.7 Å². The number of esters is 1. The maximum atomic E-state index is 13.4. The second-order valence-corrected chi connectivity index (χ2v) is 7.35. The van der Waals surface area contributed by atoms with Crippen molar-refractivity contribution in [1.82, 2.24) is 9.78 Å². The van der Waals surface area contributed by atoms with Crippen LogP contribution in [0.5, 0.6) is 0 Å². The minimum Gasteiger partial charge on any atom is -0.468 e. The summed E-state index contributed by atoms with van der Waals surface area (Å²) < 4.78 is 46.3. The summed E-state index contributed by atoms with van der Waals surface area (Å²) in [6.07, 6.45) is -3.74. The zero-order chi connectivity index (χ0) is 22.4. The van der Waals surface area contributed by atoms with Crippen LogP contribution in [0.3, 0.4) is 0 Å². The summed E-state index contributed by atoms with van der Waals surface area (Å²) in [6, 6.07) is 6.46. The van der Waals surface area contributed by atoms with Crippen LogP contribution < -0.4 is 0 Å². The number of aryl methyl sites for hydroxylation is 1. The van der Waals surface area contributed by atoms with Gasteiger partial charge in [0, 0.05) is 17.5 Å². The molecule has 0 bridgehead atoms. The minimum absolute atomic E-state index is 0.0455. The summed E-state index contributed by atoms with van der Waals surface area (Å²) in [5.74, 6) is -0.437. The third-order valence-corrected chi connectivity index (χ3v) is 5.01. The van der Waals surface area contributed by atoms with Gasteiger partial charge in [-0.05, 0) is 44.0 Å². The van der Waals surface area contributed by atoms with Gasteiger partial charge in [0.25, 0.3) is 5.69 Å². The Kier molecular flexibility index (Phi) is 5.05. The van der Waals surface area contributed by atoms with Gasteiger partial charge in [0.1, 0.15) is 0 Å². The molecule has 7 nitrogen and oxygen atoms in total. The van der Waals surface area contributed by atoms with Crippen molar-refractivity contribution in [2.75, 3.05) is 7.11 Å². The number of fused-ring (bicyclic) bond motifs is 1. The van der Waals surface area contributed by atoms with Crippen LogP contribution in [-0.4, -0.2) is 27.8 Å². The van der Waals surface area contributed by atoms with E-state index in [1.54, 1.807) is 39.0 Å². The first kappa shape index (κ1) is 21.3. The van der Waals surface area contributed by atoms with Crippen LogP contribution >= 0.6 is 0 Å². The van der Waals surface area contributed by atoms with Gasteiger partial charge >= 0.3 is 12.1 Å². The zero-order valence-electron chi connectivity index (χ0n) is 16.6. The fraction of sp³-hybridized carbons (Fsp3) is 0.300. The molecule has 3 rings (SSSR count). The number of nitrogens with zero attached hydrogens (tertiary/aromatic N) is 3. The van der Waals surface area contributed by atoms with Crippen molar-refractivity contribution < 1.29 is 27.6 Å². The maximum absolute atomic E-state index is 13.4. The number of ether oxygens (including phenoxy) is 1. The molecule has 0 aliphatic rings. The van der Waals surface area contributed by atoms with E-state index in [-0.39, 0.29) is 10.9 Å². The molecule has 0 radical (unpaired) electrons. The number of alkyl halides is 3. The fourth-order valence-electron chi connectivity index (χ4n) is 3.50. The number of rotatable bonds is 4. The number of nitro benzene ring substituents is 1. The van der Waals surface area contributed by atoms with Gasteiger partial charge in [0.15, 0.2) is 0 Å². The molecule has 0 saturated carbocycles. The van der Waals surface area contributed by atoms with Gasteiger partial charge in [0.05, 0.1) is 40.4 Å². The first-order valence-electron chi connectivity index (χ1n) is 8.81. The van der Waals surface area contributed by atoms with E-state index in [4.69, 9.17) is 4.74 Å². The Balaban J connectivity index is 2.21. The van der Waals surface area contributed by atoms with E-state index in [0.29, 0.717) is 22.9 Å². The Morgan fingerprint density at radius 3 is 2.37 bits per heavy atom. The average Bonchev–Trinajstić information content (AvgIpc) is 3.09. The Labute approximate surface area is 169 Å². The Morgan fingerprint density at radius 1 is 1.17 bits per heavy atom. The molecule has 0 unspecified atom stereocenters. The molecular formula is C20H18F3N3O4. The van der Waals surface area contributed by atoms with E-state index in [1.807, 2.05) is 0 Å². The number of benzene rings is 2. The Morgan fingerprint density at radius 2 is 1.83 bits per heavy atom. The van der Waals surface area contributed by atoms with E-state index in [1.165, 1.54) is 11.8 Å². The van der Waals surface area contributed by atoms with E-state index in [9.17, 15) is 28.1 Å². The number of carbonyl (C=O) groups excluding carboxylic acids is 1. The van der Waals surface area contributed by atoms with Crippen LogP contribution in [0.2, 0.25) is 0 Å². The number of methoxy groups -OCH3 is 1. The second kappa shape index (κ2) is 7.12. The first-order chi connectivity index (χ1) is 13.9. The van der Waals surface area contributed by atoms with E-state index in [0.717, 1.165) is 12.3 Å². The summed E-state index contributed by atoms with van der Waals surface area (Å²) in [5.41, 5.74) is -1.03. The number of aromatic nitrogens is 2. The molecule has 0 saturated heterocycles. The number of non-ortho nitro benzene ring substituents is 1. The second-order valence-electron chi connectivity index (χ2n) is 7.35. The summed E-state index contributed by atoms with van der Waals surface area (Å²) in [4.78, 5) is 22.4. The predicted octanol–water partition coefficient (Wildman–Crippen LogP) is 4.71. The number of hydrogen-bond donors (Lipinski definition) is 0. The fourth-order valence-corrected chi connectivity index (χ4v) is 3.50. The van der Waals surface area contributed by atoms with Gasteiger partial charge in [-0.25, -0.2) is 4.68 Å². The van der Waals surface area contributed by atoms with Crippen LogP contribution in [0.15, 0.2) is 36.5 Å². The molecule has 0 spiro atoms. The number of halogens is 3. The van der Waals surface area contributed by atoms with Gasteiger partial charge < -0.3 is 4.74 Å². The van der Waals surface area contributed by atoms with Crippen molar-refractivity contribution in [3.05, 3.63) is 63.3 Å². The topological polar surface area (TPSA) is 87.3 Å². The lowest BCUT2D eigenvalue weighted by Crippen LogP contribution is -2.31. The Bertz CT molecular complexity index is 1170. The molecule has 1 heterocycles. The molecule has 0 fully saturated rings. The average molecular weight is 421 g/mol. The van der Waals surface area contributed by atoms with Crippen molar-refractivity contribution in [2.45, 2.75) is 32.4 Å². The lowest BCUT2D eigenvalue weighted by molar-refractivity contribution is -0.385. The van der Waals surface area contributed by atoms with Crippen molar-refractivity contribution in [1.29, 1.82) is 0 Å². The number of nitro groups is 1. The van der Waals surface area contributed by atoms with Gasteiger partial charge in [-0.2, -0.15) is 18.3 Å². The van der Waals surface area contributed by atoms with Crippen LogP contribution in [-0.2, 0) is 21.1 Å². The summed E-state index contributed by atoms with van der Waals surface area (Å²) in [5, 5.41) is 14.9. The maximum Gasteiger partial charge on any atom is 0.417 e. The van der Waals surface area contributed by atoms with Crippen molar-refractivity contribution >= 4 is 22.6 Å². The monoisotopic (exact) mass is 421 g/mol. The molecular weight excluding hydrogens is 403 g/mol.